The van der Waals surface area contributed by atoms with Gasteiger partial charge in [-0.2, -0.15) is 0 Å². The third-order valence-corrected chi connectivity index (χ3v) is 7.51. The molecule has 8 nitrogen and oxygen atoms in total. The third kappa shape index (κ3) is 5.86. The minimum atomic E-state index is -1.03. The summed E-state index contributed by atoms with van der Waals surface area (Å²) in [7, 11) is 3.13. The molecular weight excluding hydrogens is 508 g/mol. The lowest BCUT2D eigenvalue weighted by atomic mass is 9.94. The topological polar surface area (TPSA) is 86.3 Å². The summed E-state index contributed by atoms with van der Waals surface area (Å²) in [6.45, 7) is 2.84. The smallest absolute Gasteiger partial charge is 0.259 e. The molecule has 40 heavy (non-hydrogen) atoms. The summed E-state index contributed by atoms with van der Waals surface area (Å²) < 4.78 is 22.7. The normalized spacial score (nSPS) is 15.6. The van der Waals surface area contributed by atoms with E-state index in [1.54, 1.807) is 55.5 Å². The number of anilines is 1. The fraction of sp³-hybridized carbons (Fsp3) is 0.375. The monoisotopic (exact) mass is 544 g/mol. The zero-order chi connectivity index (χ0) is 28.1. The Labute approximate surface area is 235 Å². The van der Waals surface area contributed by atoms with Gasteiger partial charge in [-0.3, -0.25) is 14.5 Å². The molecule has 0 spiro atoms. The third-order valence-electron chi connectivity index (χ3n) is 7.51. The number of ether oxygens (including phenoxy) is 4. The van der Waals surface area contributed by atoms with E-state index in [1.807, 2.05) is 31.2 Å². The van der Waals surface area contributed by atoms with Crippen LogP contribution in [0.5, 0.6) is 23.0 Å². The Morgan fingerprint density at radius 1 is 0.875 bits per heavy atom. The maximum atomic E-state index is 14.5. The van der Waals surface area contributed by atoms with Crippen LogP contribution in [-0.2, 0) is 4.79 Å². The van der Waals surface area contributed by atoms with Gasteiger partial charge in [0.25, 0.3) is 5.91 Å². The Morgan fingerprint density at radius 3 is 2.30 bits per heavy atom. The molecule has 2 aliphatic rings. The van der Waals surface area contributed by atoms with Gasteiger partial charge in [-0.25, -0.2) is 0 Å². The molecule has 1 heterocycles. The molecule has 0 bridgehead atoms. The molecule has 0 saturated heterocycles. The molecule has 1 N–H and O–H groups in total. The molecule has 1 aliphatic heterocycles. The zero-order valence-electron chi connectivity index (χ0n) is 23.3. The van der Waals surface area contributed by atoms with Crippen LogP contribution in [0.4, 0.5) is 5.69 Å². The van der Waals surface area contributed by atoms with E-state index in [2.05, 4.69) is 5.32 Å². The van der Waals surface area contributed by atoms with Crippen LogP contribution in [0.3, 0.4) is 0 Å². The van der Waals surface area contributed by atoms with Crippen LogP contribution in [-0.4, -0.2) is 45.3 Å². The minimum absolute atomic E-state index is 0.0459. The number of methoxy groups -OCH3 is 2. The first-order valence-corrected chi connectivity index (χ1v) is 13.8. The first kappa shape index (κ1) is 27.4. The number of rotatable bonds is 8. The SMILES string of the molecule is COc1ccc(OC)c([C@@H](C(=O)NC2CCCCC2)N(C(=O)c2ccc3c(c2)OCCO3)c2ccc(C)cc2)c1. The highest BCUT2D eigenvalue weighted by atomic mass is 16.6. The standard InChI is InChI=1S/C32H36N2O6/c1-21-9-12-24(13-10-21)34(32(36)22-11-15-28-29(19-22)40-18-17-39-28)30(31(35)33-23-7-5-4-6-8-23)26-20-25(37-2)14-16-27(26)38-3/h9-16,19-20,23,30H,4-8,17-18H2,1-3H3,(H,33,35)/t30-/m0/s1. The van der Waals surface area contributed by atoms with Crippen LogP contribution in [0, 0.1) is 6.92 Å². The van der Waals surface area contributed by atoms with Gasteiger partial charge in [-0.1, -0.05) is 37.0 Å². The molecule has 3 aromatic rings. The lowest BCUT2D eigenvalue weighted by molar-refractivity contribution is -0.123. The first-order chi connectivity index (χ1) is 19.5. The zero-order valence-corrected chi connectivity index (χ0v) is 23.3. The van der Waals surface area contributed by atoms with Gasteiger partial charge < -0.3 is 24.3 Å². The van der Waals surface area contributed by atoms with Crippen molar-refractivity contribution in [3.05, 3.63) is 77.4 Å². The summed E-state index contributed by atoms with van der Waals surface area (Å²) in [5.41, 5.74) is 2.53. The second-order valence-electron chi connectivity index (χ2n) is 10.2. The number of hydrogen-bond acceptors (Lipinski definition) is 6. The highest BCUT2D eigenvalue weighted by Crippen LogP contribution is 2.38. The highest BCUT2D eigenvalue weighted by Gasteiger charge is 2.37. The van der Waals surface area contributed by atoms with Crippen molar-refractivity contribution in [3.8, 4) is 23.0 Å². The van der Waals surface area contributed by atoms with Crippen LogP contribution in [0.1, 0.15) is 59.6 Å². The number of nitrogens with one attached hydrogen (secondary N) is 1. The molecular formula is C32H36N2O6. The van der Waals surface area contributed by atoms with Crippen molar-refractivity contribution >= 4 is 17.5 Å². The molecule has 2 amide bonds. The summed E-state index contributed by atoms with van der Waals surface area (Å²) in [6.07, 6.45) is 5.12. The lowest BCUT2D eigenvalue weighted by Crippen LogP contribution is -2.47. The van der Waals surface area contributed by atoms with Gasteiger partial charge in [0.05, 0.1) is 14.2 Å². The Kier molecular flexibility index (Phi) is 8.43. The number of nitrogens with zero attached hydrogens (tertiary/aromatic N) is 1. The van der Waals surface area contributed by atoms with Gasteiger partial charge in [0.15, 0.2) is 11.5 Å². The van der Waals surface area contributed by atoms with E-state index in [-0.39, 0.29) is 17.9 Å². The molecule has 1 fully saturated rings. The molecule has 1 atom stereocenters. The predicted molar refractivity (Wildman–Crippen MR) is 153 cm³/mol. The second kappa shape index (κ2) is 12.3. The minimum Gasteiger partial charge on any atom is -0.497 e. The molecule has 1 aliphatic carbocycles. The molecule has 210 valence electrons. The number of aryl methyl sites for hydroxylation is 1. The number of fused-ring (bicyclic) bond motifs is 1. The second-order valence-corrected chi connectivity index (χ2v) is 10.2. The number of carbonyl (C=O) groups is 2. The van der Waals surface area contributed by atoms with Gasteiger partial charge in [-0.05, 0) is 68.3 Å². The van der Waals surface area contributed by atoms with E-state index in [9.17, 15) is 9.59 Å². The van der Waals surface area contributed by atoms with Crippen molar-refractivity contribution in [2.75, 3.05) is 32.3 Å². The maximum absolute atomic E-state index is 14.5. The van der Waals surface area contributed by atoms with Gasteiger partial charge in [-0.15, -0.1) is 0 Å². The summed E-state index contributed by atoms with van der Waals surface area (Å²) in [5, 5.41) is 3.25. The van der Waals surface area contributed by atoms with Crippen LogP contribution < -0.4 is 29.2 Å². The van der Waals surface area contributed by atoms with E-state index in [4.69, 9.17) is 18.9 Å². The molecule has 0 radical (unpaired) electrons. The Hall–Kier alpha value is -4.20. The predicted octanol–water partition coefficient (Wildman–Crippen LogP) is 5.62. The summed E-state index contributed by atoms with van der Waals surface area (Å²) in [4.78, 5) is 30.3. The molecule has 8 heteroatoms. The van der Waals surface area contributed by atoms with Crippen LogP contribution in [0.2, 0.25) is 0 Å². The van der Waals surface area contributed by atoms with Crippen molar-refractivity contribution in [3.63, 3.8) is 0 Å². The van der Waals surface area contributed by atoms with E-state index in [0.29, 0.717) is 53.0 Å². The van der Waals surface area contributed by atoms with E-state index in [1.165, 1.54) is 0 Å². The Balaban J connectivity index is 1.65. The van der Waals surface area contributed by atoms with Crippen molar-refractivity contribution in [2.45, 2.75) is 51.1 Å². The molecule has 3 aromatic carbocycles. The fourth-order valence-electron chi connectivity index (χ4n) is 5.38. The van der Waals surface area contributed by atoms with E-state index < -0.39 is 6.04 Å². The molecule has 0 aromatic heterocycles. The van der Waals surface area contributed by atoms with Crippen LogP contribution in [0.15, 0.2) is 60.7 Å². The average Bonchev–Trinajstić information content (AvgIpc) is 3.00. The van der Waals surface area contributed by atoms with Crippen molar-refractivity contribution < 1.29 is 28.5 Å². The molecule has 0 unspecified atom stereocenters. The Morgan fingerprint density at radius 2 is 1.60 bits per heavy atom. The van der Waals surface area contributed by atoms with Gasteiger partial charge in [0.1, 0.15) is 30.8 Å². The van der Waals surface area contributed by atoms with Crippen molar-refractivity contribution in [1.29, 1.82) is 0 Å². The van der Waals surface area contributed by atoms with Gasteiger partial charge >= 0.3 is 0 Å². The van der Waals surface area contributed by atoms with Crippen molar-refractivity contribution in [1.82, 2.24) is 5.32 Å². The number of carbonyl (C=O) groups excluding carboxylic acids is 2. The summed E-state index contributed by atoms with van der Waals surface area (Å²) >= 11 is 0. The number of amides is 2. The first-order valence-electron chi connectivity index (χ1n) is 13.8. The maximum Gasteiger partial charge on any atom is 0.259 e. The lowest BCUT2D eigenvalue weighted by Gasteiger charge is -2.34. The quantitative estimate of drug-likeness (QED) is 0.396. The van der Waals surface area contributed by atoms with Gasteiger partial charge in [0, 0.05) is 22.9 Å². The summed E-state index contributed by atoms with van der Waals surface area (Å²) in [5.74, 6) is 1.51. The number of benzene rings is 3. The number of hydrogen-bond donors (Lipinski definition) is 1. The highest BCUT2D eigenvalue weighted by molar-refractivity contribution is 6.10. The van der Waals surface area contributed by atoms with E-state index >= 15 is 0 Å². The van der Waals surface area contributed by atoms with Crippen molar-refractivity contribution in [2.24, 2.45) is 0 Å². The molecule has 5 rings (SSSR count). The average molecular weight is 545 g/mol. The van der Waals surface area contributed by atoms with Crippen LogP contribution >= 0.6 is 0 Å². The fourth-order valence-corrected chi connectivity index (χ4v) is 5.38. The van der Waals surface area contributed by atoms with Gasteiger partial charge in [0.2, 0.25) is 5.91 Å². The molecule has 1 saturated carbocycles. The Bertz CT molecular complexity index is 1350. The summed E-state index contributed by atoms with van der Waals surface area (Å²) in [6, 6.07) is 17.0. The van der Waals surface area contributed by atoms with Crippen LogP contribution in [0.25, 0.3) is 0 Å². The largest absolute Gasteiger partial charge is 0.497 e. The van der Waals surface area contributed by atoms with E-state index in [0.717, 1.165) is 37.7 Å².